The van der Waals surface area contributed by atoms with Crippen LogP contribution in [-0.4, -0.2) is 43.7 Å². The second-order valence-corrected chi connectivity index (χ2v) is 6.73. The molecule has 1 aromatic rings. The van der Waals surface area contributed by atoms with Crippen LogP contribution in [0.3, 0.4) is 0 Å². The molecule has 116 valence electrons. The number of rotatable bonds is 3. The minimum absolute atomic E-state index is 0.700. The molecule has 0 radical (unpaired) electrons. The maximum atomic E-state index is 6.32. The van der Waals surface area contributed by atoms with Crippen molar-refractivity contribution in [2.24, 2.45) is 11.7 Å². The maximum absolute atomic E-state index is 6.32. The van der Waals surface area contributed by atoms with Gasteiger partial charge < -0.3 is 10.6 Å². The summed E-state index contributed by atoms with van der Waals surface area (Å²) in [5.41, 5.74) is 7.16. The Hall–Kier alpha value is -0.770. The van der Waals surface area contributed by atoms with Crippen LogP contribution >= 0.6 is 11.6 Å². The van der Waals surface area contributed by atoms with E-state index < -0.39 is 0 Å². The first kappa shape index (κ1) is 15.1. The fraction of sp³-hybridized carbons (Fsp3) is 0.647. The van der Waals surface area contributed by atoms with Gasteiger partial charge in [-0.05, 0) is 37.4 Å². The summed E-state index contributed by atoms with van der Waals surface area (Å²) in [5, 5.41) is 0.864. The fourth-order valence-corrected chi connectivity index (χ4v) is 4.20. The van der Waals surface area contributed by atoms with Gasteiger partial charge in [-0.25, -0.2) is 0 Å². The van der Waals surface area contributed by atoms with Crippen molar-refractivity contribution >= 4 is 17.3 Å². The summed E-state index contributed by atoms with van der Waals surface area (Å²) in [6.07, 6.45) is 5.36. The normalized spacial score (nSPS) is 27.8. The van der Waals surface area contributed by atoms with Crippen molar-refractivity contribution < 1.29 is 0 Å². The summed E-state index contributed by atoms with van der Waals surface area (Å²) in [6, 6.07) is 8.88. The van der Waals surface area contributed by atoms with Gasteiger partial charge >= 0.3 is 0 Å². The van der Waals surface area contributed by atoms with E-state index in [9.17, 15) is 0 Å². The lowest BCUT2D eigenvalue weighted by Gasteiger charge is -2.44. The SMILES string of the molecule is NCC1CCCCC1N1CCN(c2ccccc2Cl)CC1. The van der Waals surface area contributed by atoms with Gasteiger partial charge in [0.2, 0.25) is 0 Å². The van der Waals surface area contributed by atoms with Crippen molar-refractivity contribution in [2.75, 3.05) is 37.6 Å². The number of para-hydroxylation sites is 1. The van der Waals surface area contributed by atoms with E-state index in [1.54, 1.807) is 0 Å². The van der Waals surface area contributed by atoms with E-state index in [0.717, 1.165) is 37.7 Å². The molecule has 0 bridgehead atoms. The molecule has 2 fully saturated rings. The van der Waals surface area contributed by atoms with Crippen LogP contribution in [0.25, 0.3) is 0 Å². The van der Waals surface area contributed by atoms with Gasteiger partial charge in [-0.3, -0.25) is 4.90 Å². The predicted molar refractivity (Wildman–Crippen MR) is 90.0 cm³/mol. The predicted octanol–water partition coefficient (Wildman–Crippen LogP) is 2.98. The smallest absolute Gasteiger partial charge is 0.0639 e. The molecule has 2 N–H and O–H groups in total. The highest BCUT2D eigenvalue weighted by molar-refractivity contribution is 6.33. The van der Waals surface area contributed by atoms with Gasteiger partial charge in [0.1, 0.15) is 0 Å². The average Bonchev–Trinajstić information content (AvgIpc) is 2.55. The molecule has 4 heteroatoms. The number of benzene rings is 1. The summed E-state index contributed by atoms with van der Waals surface area (Å²) >= 11 is 6.32. The second kappa shape index (κ2) is 6.99. The number of hydrogen-bond acceptors (Lipinski definition) is 3. The van der Waals surface area contributed by atoms with Gasteiger partial charge in [0.05, 0.1) is 10.7 Å². The van der Waals surface area contributed by atoms with Gasteiger partial charge in [-0.1, -0.05) is 36.6 Å². The fourth-order valence-electron chi connectivity index (χ4n) is 3.95. The van der Waals surface area contributed by atoms with Crippen molar-refractivity contribution in [3.63, 3.8) is 0 Å². The maximum Gasteiger partial charge on any atom is 0.0639 e. The molecule has 1 saturated heterocycles. The molecule has 3 nitrogen and oxygen atoms in total. The highest BCUT2D eigenvalue weighted by Gasteiger charge is 2.31. The highest BCUT2D eigenvalue weighted by Crippen LogP contribution is 2.30. The molecule has 1 aliphatic heterocycles. The number of nitrogens with two attached hydrogens (primary N) is 1. The monoisotopic (exact) mass is 307 g/mol. The van der Waals surface area contributed by atoms with Crippen LogP contribution in [0.2, 0.25) is 5.02 Å². The van der Waals surface area contributed by atoms with E-state index in [0.29, 0.717) is 12.0 Å². The first-order valence-electron chi connectivity index (χ1n) is 8.23. The van der Waals surface area contributed by atoms with Crippen molar-refractivity contribution in [1.29, 1.82) is 0 Å². The van der Waals surface area contributed by atoms with Crippen LogP contribution in [0.1, 0.15) is 25.7 Å². The van der Waals surface area contributed by atoms with Crippen LogP contribution in [0.5, 0.6) is 0 Å². The zero-order valence-electron chi connectivity index (χ0n) is 12.7. The van der Waals surface area contributed by atoms with Gasteiger partial charge in [0.15, 0.2) is 0 Å². The zero-order valence-corrected chi connectivity index (χ0v) is 13.4. The number of piperazine rings is 1. The van der Waals surface area contributed by atoms with Crippen LogP contribution in [0.15, 0.2) is 24.3 Å². The molecule has 1 saturated carbocycles. The van der Waals surface area contributed by atoms with E-state index >= 15 is 0 Å². The Morgan fingerprint density at radius 1 is 1.05 bits per heavy atom. The lowest BCUT2D eigenvalue weighted by atomic mass is 9.83. The van der Waals surface area contributed by atoms with Crippen LogP contribution in [0.4, 0.5) is 5.69 Å². The number of anilines is 1. The lowest BCUT2D eigenvalue weighted by molar-refractivity contribution is 0.101. The van der Waals surface area contributed by atoms with Crippen molar-refractivity contribution in [1.82, 2.24) is 4.90 Å². The molecule has 2 atom stereocenters. The Morgan fingerprint density at radius 3 is 2.48 bits per heavy atom. The molecule has 21 heavy (non-hydrogen) atoms. The standard InChI is InChI=1S/C17H26ClN3/c18-15-6-2-4-8-17(15)21-11-9-20(10-12-21)16-7-3-1-5-14(16)13-19/h2,4,6,8,14,16H,1,3,5,7,9-13,19H2. The topological polar surface area (TPSA) is 32.5 Å². The molecular weight excluding hydrogens is 282 g/mol. The molecule has 0 aromatic heterocycles. The molecule has 0 spiro atoms. The largest absolute Gasteiger partial charge is 0.368 e. The lowest BCUT2D eigenvalue weighted by Crippen LogP contribution is -2.54. The first-order valence-corrected chi connectivity index (χ1v) is 8.61. The Kier molecular flexibility index (Phi) is 5.04. The van der Waals surface area contributed by atoms with E-state index in [4.69, 9.17) is 17.3 Å². The van der Waals surface area contributed by atoms with Crippen molar-refractivity contribution in [2.45, 2.75) is 31.7 Å². The van der Waals surface area contributed by atoms with Crippen molar-refractivity contribution in [3.8, 4) is 0 Å². The highest BCUT2D eigenvalue weighted by atomic mass is 35.5. The van der Waals surface area contributed by atoms with Crippen LogP contribution in [-0.2, 0) is 0 Å². The Bertz CT molecular complexity index is 457. The van der Waals surface area contributed by atoms with E-state index in [2.05, 4.69) is 21.9 Å². The number of halogens is 1. The molecule has 0 amide bonds. The summed E-state index contributed by atoms with van der Waals surface area (Å²) in [6.45, 7) is 5.24. The Labute approximate surface area is 133 Å². The van der Waals surface area contributed by atoms with Gasteiger partial charge in [0, 0.05) is 32.2 Å². The molecule has 2 unspecified atom stereocenters. The summed E-state index contributed by atoms with van der Waals surface area (Å²) in [5.74, 6) is 0.700. The minimum Gasteiger partial charge on any atom is -0.368 e. The molecule has 3 rings (SSSR count). The molecule has 1 heterocycles. The third kappa shape index (κ3) is 3.36. The third-order valence-electron chi connectivity index (χ3n) is 5.15. The first-order chi connectivity index (χ1) is 10.3. The average molecular weight is 308 g/mol. The van der Waals surface area contributed by atoms with Gasteiger partial charge in [0.25, 0.3) is 0 Å². The van der Waals surface area contributed by atoms with Crippen molar-refractivity contribution in [3.05, 3.63) is 29.3 Å². The molecule has 2 aliphatic rings. The van der Waals surface area contributed by atoms with E-state index in [1.165, 1.54) is 31.4 Å². The second-order valence-electron chi connectivity index (χ2n) is 6.32. The zero-order chi connectivity index (χ0) is 14.7. The molecule has 1 aliphatic carbocycles. The summed E-state index contributed by atoms with van der Waals surface area (Å²) in [4.78, 5) is 5.09. The van der Waals surface area contributed by atoms with Crippen LogP contribution < -0.4 is 10.6 Å². The summed E-state index contributed by atoms with van der Waals surface area (Å²) in [7, 11) is 0. The van der Waals surface area contributed by atoms with E-state index in [1.807, 2.05) is 12.1 Å². The quantitative estimate of drug-likeness (QED) is 0.932. The number of hydrogen-bond donors (Lipinski definition) is 1. The number of nitrogens with zero attached hydrogens (tertiary/aromatic N) is 2. The minimum atomic E-state index is 0.700. The van der Waals surface area contributed by atoms with Gasteiger partial charge in [-0.15, -0.1) is 0 Å². The Balaban J connectivity index is 1.61. The Morgan fingerprint density at radius 2 is 1.76 bits per heavy atom. The third-order valence-corrected chi connectivity index (χ3v) is 5.47. The molecule has 1 aromatic carbocycles. The molecular formula is C17H26ClN3. The van der Waals surface area contributed by atoms with E-state index in [-0.39, 0.29) is 0 Å². The van der Waals surface area contributed by atoms with Crippen LogP contribution in [0, 0.1) is 5.92 Å². The summed E-state index contributed by atoms with van der Waals surface area (Å²) < 4.78 is 0. The van der Waals surface area contributed by atoms with Gasteiger partial charge in [-0.2, -0.15) is 0 Å².